The summed E-state index contributed by atoms with van der Waals surface area (Å²) >= 11 is 4.08. The summed E-state index contributed by atoms with van der Waals surface area (Å²) < 4.78 is 1.32. The minimum atomic E-state index is -0.841. The van der Waals surface area contributed by atoms with E-state index in [1.807, 2.05) is 45.2 Å². The first kappa shape index (κ1) is 41.4. The maximum absolute atomic E-state index is 13.2. The van der Waals surface area contributed by atoms with Crippen molar-refractivity contribution in [3.63, 3.8) is 0 Å². The average Bonchev–Trinajstić information content (AvgIpc) is 3.07. The van der Waals surface area contributed by atoms with Crippen molar-refractivity contribution in [1.82, 2.24) is 26.6 Å². The van der Waals surface area contributed by atoms with Gasteiger partial charge in [0.1, 0.15) is 11.8 Å². The largest absolute Gasteiger partial charge is 0.506 e. The number of azide groups is 1. The number of nitrogens with zero attached hydrogens (tertiary/aromatic N) is 3. The predicted octanol–water partition coefficient (Wildman–Crippen LogP) is 3.31. The fourth-order valence-corrected chi connectivity index (χ4v) is 6.54. The highest BCUT2D eigenvalue weighted by Crippen LogP contribution is 2.28. The number of nitrogens with two attached hydrogens (primary N) is 2. The number of phenolic OH excluding ortho intramolecular Hbond substituents is 1. The number of aromatic hydroxyl groups is 1. The fourth-order valence-electron chi connectivity index (χ4n) is 4.65. The summed E-state index contributed by atoms with van der Waals surface area (Å²) in [5, 5.41) is 29.1. The lowest BCUT2D eigenvalue weighted by atomic mass is 10.0. The van der Waals surface area contributed by atoms with Crippen molar-refractivity contribution in [2.75, 3.05) is 45.8 Å². The lowest BCUT2D eigenvalue weighted by Gasteiger charge is -2.19. The van der Waals surface area contributed by atoms with Crippen LogP contribution in [0.5, 0.6) is 5.75 Å². The molecule has 0 saturated heterocycles. The molecule has 10 N–H and O–H groups in total. The summed E-state index contributed by atoms with van der Waals surface area (Å²) in [7, 11) is 0. The molecular weight excluding hydrogens is 842 g/mol. The maximum atomic E-state index is 13.2. The van der Waals surface area contributed by atoms with Crippen LogP contribution in [0.2, 0.25) is 0 Å². The topological polar surface area (TPSA) is 232 Å². The summed E-state index contributed by atoms with van der Waals surface area (Å²) in [5.41, 5.74) is 21.5. The van der Waals surface area contributed by atoms with Gasteiger partial charge in [0, 0.05) is 35.7 Å². The lowest BCUT2D eigenvalue weighted by molar-refractivity contribution is -0.123. The van der Waals surface area contributed by atoms with E-state index in [-0.39, 0.29) is 24.0 Å². The van der Waals surface area contributed by atoms with Crippen molar-refractivity contribution in [1.29, 1.82) is 0 Å². The molecule has 0 aromatic heterocycles. The first-order chi connectivity index (χ1) is 23.2. The van der Waals surface area contributed by atoms with Crippen molar-refractivity contribution in [3.8, 4) is 5.75 Å². The minimum Gasteiger partial charge on any atom is -0.506 e. The molecule has 0 unspecified atom stereocenters. The molecule has 2 aromatic rings. The Morgan fingerprint density at radius 2 is 1.40 bits per heavy atom. The molecule has 2 atom stereocenters. The number of rotatable bonds is 24. The normalized spacial score (nSPS) is 12.1. The molecule has 0 heterocycles. The van der Waals surface area contributed by atoms with E-state index in [0.717, 1.165) is 70.3 Å². The van der Waals surface area contributed by atoms with Crippen LogP contribution in [0.1, 0.15) is 60.9 Å². The molecule has 14 nitrogen and oxygen atoms in total. The molecular formula is C32H48I2N10O4. The van der Waals surface area contributed by atoms with Crippen LogP contribution in [0, 0.1) is 7.14 Å². The van der Waals surface area contributed by atoms with Crippen LogP contribution >= 0.6 is 45.2 Å². The van der Waals surface area contributed by atoms with Crippen LogP contribution in [0.25, 0.3) is 10.4 Å². The van der Waals surface area contributed by atoms with Gasteiger partial charge in [-0.05, 0) is 152 Å². The van der Waals surface area contributed by atoms with Crippen molar-refractivity contribution >= 4 is 68.6 Å². The van der Waals surface area contributed by atoms with Gasteiger partial charge in [-0.15, -0.1) is 0 Å². The second kappa shape index (κ2) is 24.4. The molecule has 0 aliphatic carbocycles. The maximum Gasteiger partial charge on any atom is 0.251 e. The third kappa shape index (κ3) is 16.6. The second-order valence-corrected chi connectivity index (χ2v) is 13.6. The third-order valence-corrected chi connectivity index (χ3v) is 8.99. The summed E-state index contributed by atoms with van der Waals surface area (Å²) in [6, 6.07) is 8.42. The number of halogens is 2. The molecule has 0 radical (unpaired) electrons. The number of carbonyl (C=O) groups excluding carboxylic acids is 3. The van der Waals surface area contributed by atoms with E-state index >= 15 is 0 Å². The number of phenols is 1. The number of unbranched alkanes of at least 4 members (excludes halogenated alkanes) is 2. The zero-order valence-corrected chi connectivity index (χ0v) is 31.5. The van der Waals surface area contributed by atoms with Crippen molar-refractivity contribution in [2.45, 2.75) is 63.5 Å². The second-order valence-electron chi connectivity index (χ2n) is 11.3. The van der Waals surface area contributed by atoms with Gasteiger partial charge in [-0.3, -0.25) is 14.4 Å². The Morgan fingerprint density at radius 1 is 0.833 bits per heavy atom. The Labute approximate surface area is 309 Å². The van der Waals surface area contributed by atoms with Gasteiger partial charge >= 0.3 is 0 Å². The third-order valence-electron chi connectivity index (χ3n) is 7.35. The van der Waals surface area contributed by atoms with Crippen LogP contribution in [0.3, 0.4) is 0 Å². The van der Waals surface area contributed by atoms with Crippen LogP contribution in [-0.4, -0.2) is 80.7 Å². The smallest absolute Gasteiger partial charge is 0.251 e. The Kier molecular flexibility index (Phi) is 21.1. The average molecular weight is 891 g/mol. The highest BCUT2D eigenvalue weighted by atomic mass is 127. The van der Waals surface area contributed by atoms with Gasteiger partial charge in [0.25, 0.3) is 5.91 Å². The van der Waals surface area contributed by atoms with Crippen molar-refractivity contribution in [3.05, 3.63) is 65.1 Å². The highest BCUT2D eigenvalue weighted by molar-refractivity contribution is 14.1. The molecule has 264 valence electrons. The Bertz CT molecular complexity index is 1320. The number of carbonyl (C=O) groups is 3. The van der Waals surface area contributed by atoms with Crippen LogP contribution in [0.4, 0.5) is 5.69 Å². The standard InChI is InChI=1S/C32H48I2N10O4/c33-25-19-22(20-26(34)29(25)45)21-28(42-30(46)23-8-10-24(11-9-23)43-44-37)32(48)41-18-6-16-39-14-4-3-13-38-15-5-17-40-31(47)27(36)7-1-2-12-35/h8-11,19-20,27-28,38-39,45H,1-7,12-18,21,35-36H2,(H,40,47)(H,41,48)(H,42,46)/t27-,28-/m0/s1. The molecule has 3 amide bonds. The summed E-state index contributed by atoms with van der Waals surface area (Å²) in [4.78, 5) is 40.9. The van der Waals surface area contributed by atoms with Gasteiger partial charge in [-0.1, -0.05) is 23.7 Å². The van der Waals surface area contributed by atoms with Crippen LogP contribution in [-0.2, 0) is 16.0 Å². The summed E-state index contributed by atoms with van der Waals surface area (Å²) in [6.45, 7) is 4.99. The van der Waals surface area contributed by atoms with E-state index in [9.17, 15) is 19.5 Å². The van der Waals surface area contributed by atoms with Crippen LogP contribution in [0.15, 0.2) is 41.5 Å². The number of benzene rings is 2. The van der Waals surface area contributed by atoms with Crippen molar-refractivity contribution in [2.24, 2.45) is 16.6 Å². The predicted molar refractivity (Wildman–Crippen MR) is 205 cm³/mol. The highest BCUT2D eigenvalue weighted by Gasteiger charge is 2.23. The molecule has 2 aromatic carbocycles. The molecule has 16 heteroatoms. The molecule has 0 aliphatic rings. The molecule has 0 spiro atoms. The molecule has 0 aliphatic heterocycles. The van der Waals surface area contributed by atoms with E-state index in [0.29, 0.717) is 44.4 Å². The zero-order chi connectivity index (χ0) is 35.1. The van der Waals surface area contributed by atoms with Crippen molar-refractivity contribution < 1.29 is 19.5 Å². The molecule has 0 saturated carbocycles. The van der Waals surface area contributed by atoms with Gasteiger partial charge in [0.2, 0.25) is 11.8 Å². The number of hydrogen-bond acceptors (Lipinski definition) is 9. The minimum absolute atomic E-state index is 0.102. The molecule has 2 rings (SSSR count). The number of amides is 3. The number of hydrogen-bond donors (Lipinski definition) is 8. The van der Waals surface area contributed by atoms with Gasteiger partial charge in [-0.2, -0.15) is 0 Å². The van der Waals surface area contributed by atoms with E-state index in [2.05, 4.69) is 36.6 Å². The quantitative estimate of drug-likeness (QED) is 0.0256. The van der Waals surface area contributed by atoms with Gasteiger partial charge < -0.3 is 43.2 Å². The Morgan fingerprint density at radius 3 is 1.96 bits per heavy atom. The van der Waals surface area contributed by atoms with Crippen LogP contribution < -0.4 is 38.1 Å². The van der Waals surface area contributed by atoms with Gasteiger partial charge in [-0.25, -0.2) is 0 Å². The van der Waals surface area contributed by atoms with E-state index in [4.69, 9.17) is 17.0 Å². The van der Waals surface area contributed by atoms with E-state index in [1.54, 1.807) is 12.1 Å². The SMILES string of the molecule is [N-]=[N+]=Nc1ccc(C(=O)N[C@@H](Cc2cc(I)c(O)c(I)c2)C(=O)NCCCNCCCCNCCCNC(=O)[C@@H](N)CCCCN)cc1. The first-order valence-electron chi connectivity index (χ1n) is 16.2. The van der Waals surface area contributed by atoms with E-state index in [1.165, 1.54) is 24.3 Å². The monoisotopic (exact) mass is 890 g/mol. The van der Waals surface area contributed by atoms with Gasteiger partial charge in [0.15, 0.2) is 0 Å². The Hall–Kier alpha value is -2.74. The lowest BCUT2D eigenvalue weighted by Crippen LogP contribution is -2.48. The Balaban J connectivity index is 1.67. The molecule has 0 bridgehead atoms. The summed E-state index contributed by atoms with van der Waals surface area (Å²) in [5.74, 6) is -0.649. The number of nitrogens with one attached hydrogen (secondary N) is 5. The first-order valence-corrected chi connectivity index (χ1v) is 18.4. The molecule has 0 fully saturated rings. The zero-order valence-electron chi connectivity index (χ0n) is 27.1. The van der Waals surface area contributed by atoms with E-state index < -0.39 is 18.0 Å². The van der Waals surface area contributed by atoms with Gasteiger partial charge in [0.05, 0.1) is 13.2 Å². The molecule has 48 heavy (non-hydrogen) atoms. The fraction of sp³-hybridized carbons (Fsp3) is 0.531. The summed E-state index contributed by atoms with van der Waals surface area (Å²) in [6.07, 6.45) is 6.24.